The number of hydrogen-bond acceptors (Lipinski definition) is 5. The largest absolute Gasteiger partial charge is 0.349 e. The molecule has 0 saturated carbocycles. The Balaban J connectivity index is 1.70. The van der Waals surface area contributed by atoms with Crippen LogP contribution < -0.4 is 5.32 Å². The molecule has 6 heteroatoms. The SMILES string of the molecule is Cc1nc(CN2[C@H]3CCCC(=O)N[C@@]3(C)C[C@H]2c2ccccc2)no1. The minimum Gasteiger partial charge on any atom is -0.349 e. The average Bonchev–Trinajstić information content (AvgIpc) is 3.06. The van der Waals surface area contributed by atoms with E-state index in [1.807, 2.05) is 13.0 Å². The minimum atomic E-state index is -0.229. The number of likely N-dealkylation sites (tertiary alicyclic amines) is 1. The monoisotopic (exact) mass is 340 g/mol. The molecule has 2 aliphatic rings. The van der Waals surface area contributed by atoms with E-state index in [-0.39, 0.29) is 23.5 Å². The van der Waals surface area contributed by atoms with E-state index >= 15 is 0 Å². The molecular weight excluding hydrogens is 316 g/mol. The van der Waals surface area contributed by atoms with E-state index in [9.17, 15) is 4.79 Å². The third-order valence-corrected chi connectivity index (χ3v) is 5.54. The lowest BCUT2D eigenvalue weighted by atomic mass is 9.88. The lowest BCUT2D eigenvalue weighted by molar-refractivity contribution is -0.122. The number of fused-ring (bicyclic) bond motifs is 1. The summed E-state index contributed by atoms with van der Waals surface area (Å²) in [4.78, 5) is 19.0. The van der Waals surface area contributed by atoms with Gasteiger partial charge in [0, 0.05) is 25.4 Å². The highest BCUT2D eigenvalue weighted by atomic mass is 16.5. The fraction of sp³-hybridized carbons (Fsp3) is 0.526. The Hall–Kier alpha value is -2.21. The number of aryl methyl sites for hydroxylation is 1. The molecule has 1 N–H and O–H groups in total. The maximum absolute atomic E-state index is 12.2. The van der Waals surface area contributed by atoms with Crippen molar-refractivity contribution in [1.82, 2.24) is 20.4 Å². The Morgan fingerprint density at radius 3 is 2.88 bits per heavy atom. The van der Waals surface area contributed by atoms with Gasteiger partial charge in [-0.2, -0.15) is 4.98 Å². The third-order valence-electron chi connectivity index (χ3n) is 5.54. The van der Waals surface area contributed by atoms with Crippen LogP contribution in [0.3, 0.4) is 0 Å². The molecule has 0 aliphatic carbocycles. The van der Waals surface area contributed by atoms with Crippen LogP contribution in [0.5, 0.6) is 0 Å². The highest BCUT2D eigenvalue weighted by Gasteiger charge is 2.51. The Morgan fingerprint density at radius 2 is 2.16 bits per heavy atom. The van der Waals surface area contributed by atoms with Gasteiger partial charge in [0.2, 0.25) is 11.8 Å². The van der Waals surface area contributed by atoms with Crippen molar-refractivity contribution in [2.75, 3.05) is 0 Å². The van der Waals surface area contributed by atoms with Crippen LogP contribution in [0.25, 0.3) is 0 Å². The number of amides is 1. The molecule has 0 unspecified atom stereocenters. The number of carbonyl (C=O) groups is 1. The molecule has 4 rings (SSSR count). The van der Waals surface area contributed by atoms with Crippen molar-refractivity contribution in [3.63, 3.8) is 0 Å². The van der Waals surface area contributed by atoms with E-state index in [4.69, 9.17) is 4.52 Å². The highest BCUT2D eigenvalue weighted by Crippen LogP contribution is 2.45. The van der Waals surface area contributed by atoms with Gasteiger partial charge in [0.1, 0.15) is 0 Å². The second-order valence-corrected chi connectivity index (χ2v) is 7.41. The lowest BCUT2D eigenvalue weighted by Crippen LogP contribution is -2.52. The zero-order valence-corrected chi connectivity index (χ0v) is 14.7. The van der Waals surface area contributed by atoms with Crippen LogP contribution in [-0.4, -0.2) is 32.5 Å². The topological polar surface area (TPSA) is 71.3 Å². The first-order valence-electron chi connectivity index (χ1n) is 8.96. The van der Waals surface area contributed by atoms with Gasteiger partial charge in [0.05, 0.1) is 12.1 Å². The second-order valence-electron chi connectivity index (χ2n) is 7.41. The van der Waals surface area contributed by atoms with E-state index in [1.54, 1.807) is 0 Å². The van der Waals surface area contributed by atoms with E-state index in [0.29, 0.717) is 24.7 Å². The van der Waals surface area contributed by atoms with Crippen LogP contribution in [0.4, 0.5) is 0 Å². The maximum atomic E-state index is 12.2. The van der Waals surface area contributed by atoms with Crippen molar-refractivity contribution in [2.45, 2.75) is 63.7 Å². The lowest BCUT2D eigenvalue weighted by Gasteiger charge is -2.34. The van der Waals surface area contributed by atoms with Crippen LogP contribution >= 0.6 is 0 Å². The van der Waals surface area contributed by atoms with Gasteiger partial charge in [-0.15, -0.1) is 0 Å². The zero-order valence-electron chi connectivity index (χ0n) is 14.7. The van der Waals surface area contributed by atoms with E-state index < -0.39 is 0 Å². The number of benzene rings is 1. The summed E-state index contributed by atoms with van der Waals surface area (Å²) in [7, 11) is 0. The minimum absolute atomic E-state index is 0.161. The molecule has 2 aliphatic heterocycles. The zero-order chi connectivity index (χ0) is 17.4. The van der Waals surface area contributed by atoms with Gasteiger partial charge in [0.25, 0.3) is 0 Å². The number of rotatable bonds is 3. The molecule has 0 bridgehead atoms. The van der Waals surface area contributed by atoms with Gasteiger partial charge in [0.15, 0.2) is 5.82 Å². The summed E-state index contributed by atoms with van der Waals surface area (Å²) >= 11 is 0. The number of nitrogens with zero attached hydrogens (tertiary/aromatic N) is 3. The van der Waals surface area contributed by atoms with Crippen LogP contribution in [-0.2, 0) is 11.3 Å². The molecule has 25 heavy (non-hydrogen) atoms. The smallest absolute Gasteiger partial charge is 0.223 e. The van der Waals surface area contributed by atoms with Crippen LogP contribution in [0.15, 0.2) is 34.9 Å². The van der Waals surface area contributed by atoms with E-state index in [2.05, 4.69) is 51.5 Å². The summed E-state index contributed by atoms with van der Waals surface area (Å²) in [5, 5.41) is 7.38. The molecule has 1 aromatic heterocycles. The Bertz CT molecular complexity index is 760. The summed E-state index contributed by atoms with van der Waals surface area (Å²) in [6, 6.07) is 11.0. The van der Waals surface area contributed by atoms with Gasteiger partial charge in [-0.25, -0.2) is 0 Å². The first kappa shape index (κ1) is 16.3. The normalized spacial score (nSPS) is 29.9. The van der Waals surface area contributed by atoms with Crippen molar-refractivity contribution >= 4 is 5.91 Å². The van der Waals surface area contributed by atoms with Crippen molar-refractivity contribution in [3.8, 4) is 0 Å². The Morgan fingerprint density at radius 1 is 1.36 bits per heavy atom. The molecule has 132 valence electrons. The molecule has 1 amide bonds. The molecular formula is C19H24N4O2. The van der Waals surface area contributed by atoms with Crippen LogP contribution in [0.1, 0.15) is 55.9 Å². The Kier molecular flexibility index (Phi) is 4.07. The fourth-order valence-corrected chi connectivity index (χ4v) is 4.47. The average molecular weight is 340 g/mol. The van der Waals surface area contributed by atoms with E-state index in [0.717, 1.165) is 19.3 Å². The van der Waals surface area contributed by atoms with Gasteiger partial charge in [-0.05, 0) is 31.7 Å². The number of nitrogens with one attached hydrogen (secondary N) is 1. The van der Waals surface area contributed by atoms with Crippen molar-refractivity contribution in [1.29, 1.82) is 0 Å². The number of carbonyl (C=O) groups excluding carboxylic acids is 1. The fourth-order valence-electron chi connectivity index (χ4n) is 4.47. The van der Waals surface area contributed by atoms with E-state index in [1.165, 1.54) is 5.56 Å². The van der Waals surface area contributed by atoms with Gasteiger partial charge >= 0.3 is 0 Å². The Labute approximate surface area is 147 Å². The van der Waals surface area contributed by atoms with Crippen LogP contribution in [0, 0.1) is 6.92 Å². The first-order chi connectivity index (χ1) is 12.0. The first-order valence-corrected chi connectivity index (χ1v) is 8.96. The molecule has 3 heterocycles. The number of aromatic nitrogens is 2. The summed E-state index contributed by atoms with van der Waals surface area (Å²) in [5.41, 5.74) is 1.04. The standard InChI is InChI=1S/C19H24N4O2/c1-13-20-17(22-25-13)12-23-15(14-7-4-3-5-8-14)11-19(2)16(23)9-6-10-18(24)21-19/h3-5,7-8,15-16H,6,9-12H2,1-2H3,(H,21,24)/t15-,16-,19-/m0/s1. The van der Waals surface area contributed by atoms with Gasteiger partial charge in [-0.3, -0.25) is 9.69 Å². The van der Waals surface area contributed by atoms with Gasteiger partial charge < -0.3 is 9.84 Å². The summed E-state index contributed by atoms with van der Waals surface area (Å²) in [6.45, 7) is 4.62. The maximum Gasteiger partial charge on any atom is 0.223 e. The summed E-state index contributed by atoms with van der Waals surface area (Å²) < 4.78 is 5.16. The molecule has 2 saturated heterocycles. The molecule has 0 radical (unpaired) electrons. The van der Waals surface area contributed by atoms with Gasteiger partial charge in [-0.1, -0.05) is 35.5 Å². The van der Waals surface area contributed by atoms with Crippen molar-refractivity contribution in [3.05, 3.63) is 47.6 Å². The predicted octanol–water partition coefficient (Wildman–Crippen LogP) is 2.75. The molecule has 2 fully saturated rings. The molecule has 3 atom stereocenters. The second kappa shape index (κ2) is 6.26. The molecule has 2 aromatic rings. The van der Waals surface area contributed by atoms with Crippen LogP contribution in [0.2, 0.25) is 0 Å². The molecule has 0 spiro atoms. The molecule has 1 aromatic carbocycles. The quantitative estimate of drug-likeness (QED) is 0.930. The highest BCUT2D eigenvalue weighted by molar-refractivity contribution is 5.77. The summed E-state index contributed by atoms with van der Waals surface area (Å²) in [5.74, 6) is 1.45. The third kappa shape index (κ3) is 3.06. The molecule has 6 nitrogen and oxygen atoms in total. The predicted molar refractivity (Wildman–Crippen MR) is 92.6 cm³/mol. The summed E-state index contributed by atoms with van der Waals surface area (Å²) in [6.07, 6.45) is 3.41. The van der Waals surface area contributed by atoms with Crippen molar-refractivity contribution < 1.29 is 9.32 Å². The van der Waals surface area contributed by atoms with Crippen molar-refractivity contribution in [2.24, 2.45) is 0 Å². The number of hydrogen-bond donors (Lipinski definition) is 1.